The van der Waals surface area contributed by atoms with Crippen LogP contribution in [0.15, 0.2) is 0 Å². The molecular weight excluding hydrogens is 344 g/mol. The largest absolute Gasteiger partial charge is 0.500 e. The quantitative estimate of drug-likeness (QED) is 0.214. The fourth-order valence-electron chi connectivity index (χ4n) is 3.38. The van der Waals surface area contributed by atoms with Crippen LogP contribution in [0.2, 0.25) is 6.04 Å². The summed E-state index contributed by atoms with van der Waals surface area (Å²) in [5, 5.41) is 0. The molecule has 0 amide bonds. The Labute approximate surface area is 165 Å². The minimum absolute atomic E-state index is 0.894. The highest BCUT2D eigenvalue weighted by Gasteiger charge is 2.38. The van der Waals surface area contributed by atoms with Gasteiger partial charge in [0, 0.05) is 33.8 Å². The van der Waals surface area contributed by atoms with Crippen molar-refractivity contribution >= 4 is 8.80 Å². The van der Waals surface area contributed by atoms with E-state index in [1.807, 2.05) is 0 Å². The van der Waals surface area contributed by atoms with Crippen molar-refractivity contribution in [2.45, 2.75) is 57.9 Å². The lowest BCUT2D eigenvalue weighted by atomic mass is 10.1. The SMILES string of the molecule is CCCCCCCC[N+](C)(CCC[Si](OC)(OC)OC)CC[N+](C)(C)C. The Bertz CT molecular complexity index is 338. The summed E-state index contributed by atoms with van der Waals surface area (Å²) in [4.78, 5) is 0. The zero-order chi connectivity index (χ0) is 20.1. The van der Waals surface area contributed by atoms with E-state index in [1.165, 1.54) is 64.7 Å². The van der Waals surface area contributed by atoms with Crippen molar-refractivity contribution in [1.29, 1.82) is 0 Å². The van der Waals surface area contributed by atoms with Crippen molar-refractivity contribution in [1.82, 2.24) is 0 Å². The predicted octanol–water partition coefficient (Wildman–Crippen LogP) is 3.77. The van der Waals surface area contributed by atoms with Crippen LogP contribution in [0.4, 0.5) is 0 Å². The van der Waals surface area contributed by atoms with E-state index in [0.717, 1.165) is 21.4 Å². The third-order valence-electron chi connectivity index (χ3n) is 5.48. The lowest BCUT2D eigenvalue weighted by molar-refractivity contribution is -0.948. The van der Waals surface area contributed by atoms with E-state index >= 15 is 0 Å². The van der Waals surface area contributed by atoms with Crippen molar-refractivity contribution in [2.24, 2.45) is 0 Å². The Balaban J connectivity index is 4.56. The smallest absolute Gasteiger partial charge is 0.377 e. The van der Waals surface area contributed by atoms with Crippen LogP contribution >= 0.6 is 0 Å². The molecule has 0 saturated carbocycles. The maximum absolute atomic E-state index is 5.59. The van der Waals surface area contributed by atoms with Crippen molar-refractivity contribution in [3.8, 4) is 0 Å². The van der Waals surface area contributed by atoms with Gasteiger partial charge in [0.15, 0.2) is 0 Å². The van der Waals surface area contributed by atoms with E-state index in [0.29, 0.717) is 0 Å². The Morgan fingerprint density at radius 2 is 1.12 bits per heavy atom. The molecule has 0 rings (SSSR count). The molecule has 0 N–H and O–H groups in total. The summed E-state index contributed by atoms with van der Waals surface area (Å²) in [5.41, 5.74) is 0. The molecule has 0 saturated heterocycles. The first-order valence-electron chi connectivity index (χ1n) is 10.5. The number of rotatable bonds is 17. The molecule has 6 heteroatoms. The summed E-state index contributed by atoms with van der Waals surface area (Å²) in [6.45, 7) is 7.14. The van der Waals surface area contributed by atoms with Gasteiger partial charge < -0.3 is 22.2 Å². The van der Waals surface area contributed by atoms with Crippen LogP contribution in [-0.2, 0) is 13.3 Å². The molecule has 0 fully saturated rings. The Kier molecular flexibility index (Phi) is 13.2. The Hall–Kier alpha value is 0.0169. The molecule has 0 radical (unpaired) electrons. The lowest BCUT2D eigenvalue weighted by Gasteiger charge is -2.37. The third-order valence-corrected chi connectivity index (χ3v) is 8.31. The molecule has 0 heterocycles. The first kappa shape index (κ1) is 26.0. The average molecular weight is 393 g/mol. The molecule has 1 atom stereocenters. The van der Waals surface area contributed by atoms with Crippen molar-refractivity contribution in [2.75, 3.05) is 75.7 Å². The molecule has 0 aromatic rings. The van der Waals surface area contributed by atoms with Gasteiger partial charge in [0.05, 0.1) is 41.3 Å². The zero-order valence-electron chi connectivity index (χ0n) is 19.1. The zero-order valence-corrected chi connectivity index (χ0v) is 20.1. The highest BCUT2D eigenvalue weighted by Crippen LogP contribution is 2.18. The molecule has 26 heavy (non-hydrogen) atoms. The molecule has 0 aromatic heterocycles. The van der Waals surface area contributed by atoms with Gasteiger partial charge in [0.1, 0.15) is 13.1 Å². The van der Waals surface area contributed by atoms with E-state index in [1.54, 1.807) is 21.3 Å². The molecule has 158 valence electrons. The average Bonchev–Trinajstić information content (AvgIpc) is 2.60. The van der Waals surface area contributed by atoms with Crippen LogP contribution in [0, 0.1) is 0 Å². The summed E-state index contributed by atoms with van der Waals surface area (Å²) < 4.78 is 18.9. The number of quaternary nitrogens is 2. The first-order valence-corrected chi connectivity index (χ1v) is 12.4. The van der Waals surface area contributed by atoms with Crippen molar-refractivity contribution < 1.29 is 22.2 Å². The van der Waals surface area contributed by atoms with Gasteiger partial charge >= 0.3 is 8.80 Å². The van der Waals surface area contributed by atoms with Crippen LogP contribution in [0.5, 0.6) is 0 Å². The van der Waals surface area contributed by atoms with E-state index in [9.17, 15) is 0 Å². The summed E-state index contributed by atoms with van der Waals surface area (Å²) in [5.74, 6) is 0. The molecule has 5 nitrogen and oxygen atoms in total. The van der Waals surface area contributed by atoms with Gasteiger partial charge in [-0.2, -0.15) is 0 Å². The van der Waals surface area contributed by atoms with E-state index in [2.05, 4.69) is 35.1 Å². The summed E-state index contributed by atoms with van der Waals surface area (Å²) in [6.07, 6.45) is 9.26. The lowest BCUT2D eigenvalue weighted by Crippen LogP contribution is -2.53. The number of likely N-dealkylation sites (N-methyl/N-ethyl adjacent to an activating group) is 2. The number of nitrogens with zero attached hydrogens (tertiary/aromatic N) is 2. The summed E-state index contributed by atoms with van der Waals surface area (Å²) in [7, 11) is 12.0. The first-order chi connectivity index (χ1) is 12.2. The maximum atomic E-state index is 5.59. The molecule has 0 spiro atoms. The number of hydrogen-bond acceptors (Lipinski definition) is 3. The molecular formula is C20H48N2O3Si+2. The molecule has 0 aliphatic rings. The molecule has 0 aliphatic carbocycles. The second-order valence-electron chi connectivity index (χ2n) is 8.97. The minimum Gasteiger partial charge on any atom is -0.377 e. The van der Waals surface area contributed by atoms with Crippen LogP contribution < -0.4 is 0 Å². The Morgan fingerprint density at radius 1 is 0.615 bits per heavy atom. The van der Waals surface area contributed by atoms with Gasteiger partial charge in [-0.3, -0.25) is 0 Å². The van der Waals surface area contributed by atoms with E-state index in [4.69, 9.17) is 13.3 Å². The third kappa shape index (κ3) is 11.7. The summed E-state index contributed by atoms with van der Waals surface area (Å²) in [6, 6.07) is 0.894. The minimum atomic E-state index is -2.44. The normalized spacial score (nSPS) is 15.2. The van der Waals surface area contributed by atoms with Crippen molar-refractivity contribution in [3.05, 3.63) is 0 Å². The van der Waals surface area contributed by atoms with Crippen LogP contribution in [0.1, 0.15) is 51.9 Å². The fourth-order valence-corrected chi connectivity index (χ4v) is 5.09. The van der Waals surface area contributed by atoms with Crippen molar-refractivity contribution in [3.63, 3.8) is 0 Å². The number of unbranched alkanes of at least 4 members (excludes halogenated alkanes) is 5. The highest BCUT2D eigenvalue weighted by molar-refractivity contribution is 6.60. The molecule has 0 aromatic carbocycles. The fraction of sp³-hybridized carbons (Fsp3) is 1.00. The van der Waals surface area contributed by atoms with Gasteiger partial charge in [-0.05, 0) is 12.8 Å². The molecule has 0 bridgehead atoms. The van der Waals surface area contributed by atoms with Gasteiger partial charge in [0.2, 0.25) is 0 Å². The van der Waals surface area contributed by atoms with Crippen LogP contribution in [-0.4, -0.2) is 93.5 Å². The molecule has 1 unspecified atom stereocenters. The second-order valence-corrected chi connectivity index (χ2v) is 12.1. The summed E-state index contributed by atoms with van der Waals surface area (Å²) >= 11 is 0. The highest BCUT2D eigenvalue weighted by atomic mass is 28.4. The van der Waals surface area contributed by atoms with Gasteiger partial charge in [-0.1, -0.05) is 32.6 Å². The van der Waals surface area contributed by atoms with E-state index in [-0.39, 0.29) is 0 Å². The monoisotopic (exact) mass is 392 g/mol. The Morgan fingerprint density at radius 3 is 1.62 bits per heavy atom. The van der Waals surface area contributed by atoms with Crippen LogP contribution in [0.3, 0.4) is 0 Å². The van der Waals surface area contributed by atoms with Gasteiger partial charge in [0.25, 0.3) is 0 Å². The number of hydrogen-bond donors (Lipinski definition) is 0. The standard InChI is InChI=1S/C20H48N2O3Si/c1-9-10-11-12-13-14-16-22(5,19-18-21(2,3)4)17-15-20-26(23-6,24-7)25-8/h9-20H2,1-8H3/q+2. The topological polar surface area (TPSA) is 27.7 Å². The van der Waals surface area contributed by atoms with Crippen LogP contribution in [0.25, 0.3) is 0 Å². The second kappa shape index (κ2) is 13.2. The molecule has 0 aliphatic heterocycles. The predicted molar refractivity (Wildman–Crippen MR) is 113 cm³/mol. The van der Waals surface area contributed by atoms with Gasteiger partial charge in [-0.15, -0.1) is 0 Å². The maximum Gasteiger partial charge on any atom is 0.500 e. The van der Waals surface area contributed by atoms with E-state index < -0.39 is 8.80 Å². The van der Waals surface area contributed by atoms with Gasteiger partial charge in [-0.25, -0.2) is 0 Å².